The Bertz CT molecular complexity index is 465. The fourth-order valence-corrected chi connectivity index (χ4v) is 1.88. The molecule has 14 heavy (non-hydrogen) atoms. The van der Waals surface area contributed by atoms with Crippen LogP contribution >= 0.6 is 11.3 Å². The molecule has 6 heteroatoms. The van der Waals surface area contributed by atoms with Gasteiger partial charge in [0.15, 0.2) is 0 Å². The lowest BCUT2D eigenvalue weighted by atomic mass is 10.3. The van der Waals surface area contributed by atoms with Crippen LogP contribution in [0.2, 0.25) is 0 Å². The normalized spacial score (nSPS) is 10.4. The first-order chi connectivity index (χ1) is 6.66. The van der Waals surface area contributed by atoms with Gasteiger partial charge in [0.05, 0.1) is 15.4 Å². The van der Waals surface area contributed by atoms with E-state index in [1.54, 1.807) is 23.7 Å². The number of nitrogens with two attached hydrogens (primary N) is 2. The number of nitrogen functional groups attached to an aromatic ring is 2. The van der Waals surface area contributed by atoms with Gasteiger partial charge in [-0.1, -0.05) is 0 Å². The van der Waals surface area contributed by atoms with Crippen molar-refractivity contribution in [2.24, 2.45) is 0 Å². The van der Waals surface area contributed by atoms with Gasteiger partial charge in [-0.3, -0.25) is 0 Å². The molecule has 0 unspecified atom stereocenters. The predicted octanol–water partition coefficient (Wildman–Crippen LogP) is 1.07. The number of rotatable bonds is 1. The van der Waals surface area contributed by atoms with Crippen molar-refractivity contribution in [1.29, 1.82) is 0 Å². The molecule has 0 aliphatic carbocycles. The zero-order valence-electron chi connectivity index (χ0n) is 7.56. The topological polar surface area (TPSA) is 90.7 Å². The Morgan fingerprint density at radius 2 is 2.00 bits per heavy atom. The molecule has 72 valence electrons. The summed E-state index contributed by atoms with van der Waals surface area (Å²) in [4.78, 5) is 12.9. The van der Waals surface area contributed by atoms with Gasteiger partial charge in [-0.25, -0.2) is 9.97 Å². The highest BCUT2D eigenvalue weighted by molar-refractivity contribution is 7.15. The molecule has 2 aromatic rings. The van der Waals surface area contributed by atoms with Crippen LogP contribution in [0.3, 0.4) is 0 Å². The Hall–Kier alpha value is -1.69. The van der Waals surface area contributed by atoms with Crippen LogP contribution < -0.4 is 11.5 Å². The third-order valence-corrected chi connectivity index (χ3v) is 2.67. The standard InChI is InChI=1S/C8H9N5S/c1-4-11-3-6(14-4)5-2-12-8(10)13-7(5)9/h2-3H,1H3,(H4,9,10,12,13). The second-order valence-electron chi connectivity index (χ2n) is 2.77. The zero-order chi connectivity index (χ0) is 10.1. The summed E-state index contributed by atoms with van der Waals surface area (Å²) in [6.07, 6.45) is 3.37. The van der Waals surface area contributed by atoms with Gasteiger partial charge in [0, 0.05) is 12.4 Å². The molecule has 0 aliphatic rings. The van der Waals surface area contributed by atoms with Gasteiger partial charge in [0.2, 0.25) is 5.95 Å². The van der Waals surface area contributed by atoms with Crippen LogP contribution in [0.4, 0.5) is 11.8 Å². The first-order valence-electron chi connectivity index (χ1n) is 3.97. The lowest BCUT2D eigenvalue weighted by Gasteiger charge is -2.00. The van der Waals surface area contributed by atoms with E-state index in [4.69, 9.17) is 11.5 Å². The summed E-state index contributed by atoms with van der Waals surface area (Å²) in [5, 5.41) is 0.983. The van der Waals surface area contributed by atoms with Gasteiger partial charge in [0.1, 0.15) is 5.82 Å². The molecule has 4 N–H and O–H groups in total. The number of anilines is 2. The van der Waals surface area contributed by atoms with E-state index in [9.17, 15) is 0 Å². The van der Waals surface area contributed by atoms with Crippen molar-refractivity contribution in [1.82, 2.24) is 15.0 Å². The maximum Gasteiger partial charge on any atom is 0.221 e. The van der Waals surface area contributed by atoms with Gasteiger partial charge >= 0.3 is 0 Å². The van der Waals surface area contributed by atoms with Crippen molar-refractivity contribution in [2.75, 3.05) is 11.5 Å². The summed E-state index contributed by atoms with van der Waals surface area (Å²) in [5.41, 5.74) is 11.9. The monoisotopic (exact) mass is 207 g/mol. The van der Waals surface area contributed by atoms with Crippen LogP contribution in [0.1, 0.15) is 5.01 Å². The Kier molecular flexibility index (Phi) is 2.05. The van der Waals surface area contributed by atoms with Crippen molar-refractivity contribution in [3.63, 3.8) is 0 Å². The highest BCUT2D eigenvalue weighted by Crippen LogP contribution is 2.28. The number of thiazole rings is 1. The number of hydrogen-bond acceptors (Lipinski definition) is 6. The molecule has 0 spiro atoms. The van der Waals surface area contributed by atoms with Crippen LogP contribution in [0.25, 0.3) is 10.4 Å². The third kappa shape index (κ3) is 1.51. The Labute approximate surface area is 84.8 Å². The van der Waals surface area contributed by atoms with Crippen molar-refractivity contribution in [3.05, 3.63) is 17.4 Å². The molecule has 0 bridgehead atoms. The van der Waals surface area contributed by atoms with Crippen molar-refractivity contribution in [2.45, 2.75) is 6.92 Å². The minimum Gasteiger partial charge on any atom is -0.383 e. The van der Waals surface area contributed by atoms with Crippen LogP contribution in [-0.4, -0.2) is 15.0 Å². The summed E-state index contributed by atoms with van der Waals surface area (Å²) < 4.78 is 0. The van der Waals surface area contributed by atoms with Gasteiger partial charge < -0.3 is 11.5 Å². The van der Waals surface area contributed by atoms with Crippen LogP contribution in [0.5, 0.6) is 0 Å². The predicted molar refractivity (Wildman–Crippen MR) is 56.7 cm³/mol. The quantitative estimate of drug-likeness (QED) is 0.730. The lowest BCUT2D eigenvalue weighted by Crippen LogP contribution is -2.00. The van der Waals surface area contributed by atoms with E-state index < -0.39 is 0 Å². The summed E-state index contributed by atoms with van der Waals surface area (Å²) in [6.45, 7) is 1.93. The van der Waals surface area contributed by atoms with Crippen molar-refractivity contribution in [3.8, 4) is 10.4 Å². The highest BCUT2D eigenvalue weighted by Gasteiger charge is 2.07. The Morgan fingerprint density at radius 1 is 1.21 bits per heavy atom. The summed E-state index contributed by atoms with van der Waals surface area (Å²) >= 11 is 1.55. The fourth-order valence-electron chi connectivity index (χ4n) is 1.09. The largest absolute Gasteiger partial charge is 0.383 e. The maximum absolute atomic E-state index is 5.71. The molecule has 2 heterocycles. The molecule has 0 aliphatic heterocycles. The van der Waals surface area contributed by atoms with E-state index in [1.807, 2.05) is 6.92 Å². The third-order valence-electron chi connectivity index (χ3n) is 1.72. The van der Waals surface area contributed by atoms with E-state index in [1.165, 1.54) is 0 Å². The maximum atomic E-state index is 5.71. The smallest absolute Gasteiger partial charge is 0.221 e. The molecule has 0 radical (unpaired) electrons. The van der Waals surface area contributed by atoms with E-state index in [-0.39, 0.29) is 5.95 Å². The molecule has 0 aromatic carbocycles. The number of aromatic nitrogens is 3. The summed E-state index contributed by atoms with van der Waals surface area (Å²) in [7, 11) is 0. The second-order valence-corrected chi connectivity index (χ2v) is 4.01. The first-order valence-corrected chi connectivity index (χ1v) is 4.79. The first kappa shape index (κ1) is 8.89. The molecule has 0 atom stereocenters. The number of hydrogen-bond donors (Lipinski definition) is 2. The zero-order valence-corrected chi connectivity index (χ0v) is 8.38. The Morgan fingerprint density at radius 3 is 2.57 bits per heavy atom. The van der Waals surface area contributed by atoms with Crippen molar-refractivity contribution < 1.29 is 0 Å². The Balaban J connectivity index is 2.52. The fraction of sp³-hybridized carbons (Fsp3) is 0.125. The van der Waals surface area contributed by atoms with E-state index >= 15 is 0 Å². The minimum absolute atomic E-state index is 0.187. The van der Waals surface area contributed by atoms with Crippen LogP contribution in [-0.2, 0) is 0 Å². The highest BCUT2D eigenvalue weighted by atomic mass is 32.1. The molecule has 0 saturated heterocycles. The number of nitrogens with zero attached hydrogens (tertiary/aromatic N) is 3. The van der Waals surface area contributed by atoms with Gasteiger partial charge in [0.25, 0.3) is 0 Å². The van der Waals surface area contributed by atoms with Gasteiger partial charge in [-0.2, -0.15) is 4.98 Å². The molecular weight excluding hydrogens is 198 g/mol. The van der Waals surface area contributed by atoms with Gasteiger partial charge in [-0.15, -0.1) is 11.3 Å². The van der Waals surface area contributed by atoms with E-state index in [2.05, 4.69) is 15.0 Å². The molecule has 5 nitrogen and oxygen atoms in total. The minimum atomic E-state index is 0.187. The summed E-state index contributed by atoms with van der Waals surface area (Å²) in [5.74, 6) is 0.577. The molecule has 0 saturated carbocycles. The molecule has 2 aromatic heterocycles. The van der Waals surface area contributed by atoms with Crippen molar-refractivity contribution >= 4 is 23.1 Å². The average Bonchev–Trinajstić information content (AvgIpc) is 2.51. The number of aryl methyl sites for hydroxylation is 1. The van der Waals surface area contributed by atoms with Gasteiger partial charge in [-0.05, 0) is 6.92 Å². The van der Waals surface area contributed by atoms with E-state index in [0.29, 0.717) is 5.82 Å². The van der Waals surface area contributed by atoms with E-state index in [0.717, 1.165) is 15.4 Å². The second kappa shape index (κ2) is 3.22. The molecule has 2 rings (SSSR count). The molecule has 0 amide bonds. The average molecular weight is 207 g/mol. The van der Waals surface area contributed by atoms with Crippen LogP contribution in [0.15, 0.2) is 12.4 Å². The SMILES string of the molecule is Cc1ncc(-c2cnc(N)nc2N)s1. The molecule has 0 fully saturated rings. The van der Waals surface area contributed by atoms with Crippen LogP contribution in [0, 0.1) is 6.92 Å². The summed E-state index contributed by atoms with van der Waals surface area (Å²) in [6, 6.07) is 0. The lowest BCUT2D eigenvalue weighted by molar-refractivity contribution is 1.20. The molecular formula is C8H9N5S.